The molecule has 0 saturated carbocycles. The van der Waals surface area contributed by atoms with Gasteiger partial charge in [-0.1, -0.05) is 62.9 Å². The third-order valence-electron chi connectivity index (χ3n) is 5.73. The van der Waals surface area contributed by atoms with Crippen molar-refractivity contribution in [2.24, 2.45) is 0 Å². The Morgan fingerprint density at radius 1 is 1.24 bits per heavy atom. The number of allylic oxidation sites excluding steroid dienone is 1. The molecule has 2 aliphatic heterocycles. The number of hydrogen-bond donors (Lipinski definition) is 2. The molecule has 0 amide bonds. The van der Waals surface area contributed by atoms with Crippen LogP contribution in [0, 0.1) is 0 Å². The third kappa shape index (κ3) is 9.54. The van der Waals surface area contributed by atoms with Crippen LogP contribution in [0.4, 0.5) is 5.69 Å². The van der Waals surface area contributed by atoms with E-state index in [1.165, 1.54) is 37.3 Å². The van der Waals surface area contributed by atoms with Gasteiger partial charge in [-0.2, -0.15) is 0 Å². The number of benzene rings is 2. The Kier molecular flexibility index (Phi) is 12.1. The molecule has 2 N–H and O–H groups in total. The maximum absolute atomic E-state index is 8.81. The molecule has 1 fully saturated rings. The van der Waals surface area contributed by atoms with Crippen molar-refractivity contribution in [1.29, 1.82) is 0 Å². The molecular weight excluding hydrogens is 422 g/mol. The Bertz CT molecular complexity index is 911. The van der Waals surface area contributed by atoms with Gasteiger partial charge in [-0.3, -0.25) is 4.90 Å². The highest BCUT2D eigenvalue weighted by atomic mass is 16.5. The zero-order valence-corrected chi connectivity index (χ0v) is 21.1. The Labute approximate surface area is 205 Å². The van der Waals surface area contributed by atoms with Crippen molar-refractivity contribution in [3.05, 3.63) is 84.1 Å². The summed E-state index contributed by atoms with van der Waals surface area (Å²) in [6, 6.07) is 17.1. The van der Waals surface area contributed by atoms with Gasteiger partial charge in [-0.05, 0) is 68.5 Å². The van der Waals surface area contributed by atoms with E-state index < -0.39 is 0 Å². The average molecular weight is 464 g/mol. The third-order valence-corrected chi connectivity index (χ3v) is 5.73. The molecule has 1 unspecified atom stereocenters. The monoisotopic (exact) mass is 463 g/mol. The predicted molar refractivity (Wildman–Crippen MR) is 144 cm³/mol. The average Bonchev–Trinajstić information content (AvgIpc) is 2.84. The molecule has 0 radical (unpaired) electrons. The number of unbranched alkanes of at least 4 members (excludes halogenated alkanes) is 1. The summed E-state index contributed by atoms with van der Waals surface area (Å²) in [7, 11) is 2.11. The Morgan fingerprint density at radius 2 is 1.97 bits per heavy atom. The molecular formula is C29H41N3O2. The summed E-state index contributed by atoms with van der Waals surface area (Å²) in [5.41, 5.74) is 7.08. The number of morpholine rings is 1. The molecule has 0 bridgehead atoms. The number of hydrogen-bond acceptors (Lipinski definition) is 5. The largest absolute Gasteiger partial charge is 0.359 e. The zero-order chi connectivity index (χ0) is 24.8. The van der Waals surface area contributed by atoms with E-state index in [1.807, 2.05) is 0 Å². The second-order valence-corrected chi connectivity index (χ2v) is 8.67. The van der Waals surface area contributed by atoms with Crippen LogP contribution in [-0.4, -0.2) is 44.2 Å². The van der Waals surface area contributed by atoms with Crippen LogP contribution >= 0.6 is 0 Å². The molecule has 0 spiro atoms. The maximum atomic E-state index is 8.81. The number of nitrogens with zero attached hydrogens (tertiary/aromatic N) is 1. The highest BCUT2D eigenvalue weighted by Crippen LogP contribution is 2.28. The standard InChI is InChI=1S/C17H23N3O.C10H14.C2H4O/c1-12-4-5-15-10-14(6-7-16(15)18-12)13(2)19-17-11-20(3)8-9-21-17;1-2-3-7-10-8-5-4-6-9-10;1-2-3/h6-7,10,17-19H,1-2,4-5,8-9,11H2,3H3;4-6,8-9H,2-3,7H2,1H3;2H,1H3. The summed E-state index contributed by atoms with van der Waals surface area (Å²) in [5.74, 6) is 0. The van der Waals surface area contributed by atoms with Gasteiger partial charge in [0.15, 0.2) is 0 Å². The fourth-order valence-electron chi connectivity index (χ4n) is 3.82. The number of carbonyl (C=O) groups is 1. The molecule has 1 atom stereocenters. The predicted octanol–water partition coefficient (Wildman–Crippen LogP) is 5.64. The molecule has 184 valence electrons. The molecule has 5 nitrogen and oxygen atoms in total. The van der Waals surface area contributed by atoms with E-state index in [9.17, 15) is 0 Å². The summed E-state index contributed by atoms with van der Waals surface area (Å²) in [6.45, 7) is 14.4. The van der Waals surface area contributed by atoms with E-state index in [0.29, 0.717) is 0 Å². The molecule has 2 aromatic carbocycles. The van der Waals surface area contributed by atoms with Gasteiger partial charge in [0, 0.05) is 30.2 Å². The lowest BCUT2D eigenvalue weighted by atomic mass is 9.98. The minimum absolute atomic E-state index is 0.0187. The van der Waals surface area contributed by atoms with E-state index in [-0.39, 0.29) is 6.23 Å². The normalized spacial score (nSPS) is 17.0. The molecule has 34 heavy (non-hydrogen) atoms. The molecule has 1 saturated heterocycles. The Balaban J connectivity index is 0.000000263. The number of nitrogens with one attached hydrogen (secondary N) is 2. The molecule has 0 aromatic heterocycles. The van der Waals surface area contributed by atoms with Crippen LogP contribution in [0.1, 0.15) is 49.8 Å². The van der Waals surface area contributed by atoms with Crippen molar-refractivity contribution in [3.8, 4) is 0 Å². The summed E-state index contributed by atoms with van der Waals surface area (Å²) < 4.78 is 5.73. The first kappa shape index (κ1) is 27.4. The maximum Gasteiger partial charge on any atom is 0.140 e. The van der Waals surface area contributed by atoms with Gasteiger partial charge in [0.1, 0.15) is 12.5 Å². The summed E-state index contributed by atoms with van der Waals surface area (Å²) >= 11 is 0. The Morgan fingerprint density at radius 3 is 2.65 bits per heavy atom. The van der Waals surface area contributed by atoms with Gasteiger partial charge in [0.2, 0.25) is 0 Å². The van der Waals surface area contributed by atoms with Crippen LogP contribution in [0.2, 0.25) is 0 Å². The SMILES string of the molecule is C=C1CCc2cc(C(=C)NC3CN(C)CCO3)ccc2N1.CC=O.CCCCc1ccccc1. The van der Waals surface area contributed by atoms with Crippen LogP contribution < -0.4 is 10.6 Å². The second-order valence-electron chi connectivity index (χ2n) is 8.67. The number of aryl methyl sites for hydroxylation is 2. The van der Waals surface area contributed by atoms with Gasteiger partial charge in [-0.25, -0.2) is 0 Å². The number of fused-ring (bicyclic) bond motifs is 1. The van der Waals surface area contributed by atoms with Gasteiger partial charge in [-0.15, -0.1) is 0 Å². The van der Waals surface area contributed by atoms with Gasteiger partial charge in [0.05, 0.1) is 6.61 Å². The number of ether oxygens (including phenoxy) is 1. The molecule has 2 aliphatic rings. The van der Waals surface area contributed by atoms with Crippen molar-refractivity contribution in [3.63, 3.8) is 0 Å². The van der Waals surface area contributed by atoms with Gasteiger partial charge < -0.3 is 20.2 Å². The summed E-state index contributed by atoms with van der Waals surface area (Å²) in [4.78, 5) is 11.1. The van der Waals surface area contributed by atoms with Crippen LogP contribution in [0.15, 0.2) is 67.4 Å². The molecule has 4 rings (SSSR count). The quantitative estimate of drug-likeness (QED) is 0.543. The summed E-state index contributed by atoms with van der Waals surface area (Å²) in [5, 5.41) is 6.72. The fourth-order valence-corrected chi connectivity index (χ4v) is 3.82. The topological polar surface area (TPSA) is 53.6 Å². The van der Waals surface area contributed by atoms with E-state index in [1.54, 1.807) is 0 Å². The smallest absolute Gasteiger partial charge is 0.140 e. The van der Waals surface area contributed by atoms with Crippen molar-refractivity contribution >= 4 is 17.7 Å². The van der Waals surface area contributed by atoms with E-state index >= 15 is 0 Å². The first-order valence-electron chi connectivity index (χ1n) is 12.2. The van der Waals surface area contributed by atoms with E-state index in [0.717, 1.165) is 61.5 Å². The number of likely N-dealkylation sites (N-methyl/N-ethyl adjacent to an activating group) is 1. The van der Waals surface area contributed by atoms with Crippen LogP contribution in [-0.2, 0) is 22.4 Å². The van der Waals surface area contributed by atoms with E-state index in [2.05, 4.69) is 91.2 Å². The minimum atomic E-state index is 0.0187. The number of aldehydes is 1. The first-order chi connectivity index (χ1) is 16.5. The van der Waals surface area contributed by atoms with E-state index in [4.69, 9.17) is 9.53 Å². The lowest BCUT2D eigenvalue weighted by Crippen LogP contribution is -2.46. The number of anilines is 1. The van der Waals surface area contributed by atoms with Crippen molar-refractivity contribution < 1.29 is 9.53 Å². The molecule has 0 aliphatic carbocycles. The highest BCUT2D eigenvalue weighted by Gasteiger charge is 2.18. The summed E-state index contributed by atoms with van der Waals surface area (Å²) in [6.07, 6.45) is 6.62. The minimum Gasteiger partial charge on any atom is -0.359 e. The first-order valence-corrected chi connectivity index (χ1v) is 12.2. The van der Waals surface area contributed by atoms with Crippen LogP contribution in [0.3, 0.4) is 0 Å². The molecule has 2 heterocycles. The van der Waals surface area contributed by atoms with Crippen molar-refractivity contribution in [1.82, 2.24) is 10.2 Å². The lowest BCUT2D eigenvalue weighted by Gasteiger charge is -2.31. The van der Waals surface area contributed by atoms with Gasteiger partial charge in [0.25, 0.3) is 0 Å². The van der Waals surface area contributed by atoms with Gasteiger partial charge >= 0.3 is 0 Å². The van der Waals surface area contributed by atoms with Crippen LogP contribution in [0.25, 0.3) is 5.70 Å². The molecule has 5 heteroatoms. The van der Waals surface area contributed by atoms with Crippen LogP contribution in [0.5, 0.6) is 0 Å². The Hall–Kier alpha value is -2.89. The highest BCUT2D eigenvalue weighted by molar-refractivity contribution is 5.68. The lowest BCUT2D eigenvalue weighted by molar-refractivity contribution is -0.106. The number of rotatable bonds is 6. The zero-order valence-electron chi connectivity index (χ0n) is 21.1. The van der Waals surface area contributed by atoms with Crippen molar-refractivity contribution in [2.45, 2.75) is 52.2 Å². The second kappa shape index (κ2) is 15.1. The fraction of sp³-hybridized carbons (Fsp3) is 0.414. The molecule has 2 aromatic rings. The number of carbonyl (C=O) groups excluding carboxylic acids is 1. The van der Waals surface area contributed by atoms with Crippen molar-refractivity contribution in [2.75, 3.05) is 32.1 Å².